The largest absolute Gasteiger partial charge is 0.465 e. The number of halogens is 1. The summed E-state index contributed by atoms with van der Waals surface area (Å²) in [7, 11) is 0. The number of rotatable bonds is 8. The number of nitrogens with zero attached hydrogens (tertiary/aromatic N) is 2. The van der Waals surface area contributed by atoms with E-state index < -0.39 is 0 Å². The summed E-state index contributed by atoms with van der Waals surface area (Å²) in [4.78, 5) is 29.5. The number of aryl methyl sites for hydroxylation is 2. The number of hydrogen-bond donors (Lipinski definition) is 2. The second-order valence-corrected chi connectivity index (χ2v) is 9.00. The molecule has 0 bridgehead atoms. The Morgan fingerprint density at radius 1 is 1.12 bits per heavy atom. The topological polar surface area (TPSA) is 89.2 Å². The standard InChI is InChI=1S/C25H23ClN4O3S/c1-16-6-8-19(26)13-22(16)29-23(31)15-34-25-27-10-11-30(25)20-5-3-4-18(12-20)24(32)28-14-21-9-7-17(2)33-21/h3-13H,14-15H2,1-2H3,(H,28,32)(H,29,31). The molecule has 9 heteroatoms. The first kappa shape index (κ1) is 23.7. The number of amides is 2. The molecule has 2 aromatic carbocycles. The average molecular weight is 495 g/mol. The third-order valence-electron chi connectivity index (χ3n) is 5.02. The Morgan fingerprint density at radius 3 is 2.76 bits per heavy atom. The van der Waals surface area contributed by atoms with Gasteiger partial charge in [-0.3, -0.25) is 14.2 Å². The number of carbonyl (C=O) groups excluding carboxylic acids is 2. The van der Waals surface area contributed by atoms with Gasteiger partial charge in [-0.1, -0.05) is 35.5 Å². The molecule has 2 heterocycles. The van der Waals surface area contributed by atoms with Crippen molar-refractivity contribution in [2.45, 2.75) is 25.5 Å². The molecule has 0 saturated carbocycles. The van der Waals surface area contributed by atoms with Crippen LogP contribution in [-0.4, -0.2) is 27.1 Å². The Morgan fingerprint density at radius 2 is 1.97 bits per heavy atom. The molecule has 0 aliphatic rings. The second kappa shape index (κ2) is 10.6. The van der Waals surface area contributed by atoms with Crippen molar-refractivity contribution < 1.29 is 14.0 Å². The molecule has 4 rings (SSSR count). The van der Waals surface area contributed by atoms with E-state index in [1.54, 1.807) is 36.7 Å². The van der Waals surface area contributed by atoms with Crippen LogP contribution in [0.3, 0.4) is 0 Å². The summed E-state index contributed by atoms with van der Waals surface area (Å²) in [5.74, 6) is 1.30. The highest BCUT2D eigenvalue weighted by Crippen LogP contribution is 2.23. The lowest BCUT2D eigenvalue weighted by Gasteiger charge is -2.11. The molecule has 2 N–H and O–H groups in total. The minimum absolute atomic E-state index is 0.161. The third kappa shape index (κ3) is 5.89. The SMILES string of the molecule is Cc1ccc(CNC(=O)c2cccc(-n3ccnc3SCC(=O)Nc3cc(Cl)ccc3C)c2)o1. The van der Waals surface area contributed by atoms with E-state index in [4.69, 9.17) is 16.0 Å². The van der Waals surface area contributed by atoms with Gasteiger partial charge in [-0.05, 0) is 61.9 Å². The van der Waals surface area contributed by atoms with Crippen molar-refractivity contribution in [3.63, 3.8) is 0 Å². The van der Waals surface area contributed by atoms with Crippen molar-refractivity contribution >= 4 is 40.9 Å². The van der Waals surface area contributed by atoms with Gasteiger partial charge in [0, 0.05) is 34.4 Å². The number of imidazole rings is 1. The average Bonchev–Trinajstić information content (AvgIpc) is 3.47. The minimum Gasteiger partial charge on any atom is -0.465 e. The Balaban J connectivity index is 1.40. The zero-order chi connectivity index (χ0) is 24.1. The molecule has 174 valence electrons. The van der Waals surface area contributed by atoms with Crippen LogP contribution in [0.4, 0.5) is 5.69 Å². The lowest BCUT2D eigenvalue weighted by Crippen LogP contribution is -2.22. The van der Waals surface area contributed by atoms with E-state index in [0.29, 0.717) is 33.7 Å². The Labute approximate surface area is 206 Å². The molecule has 0 saturated heterocycles. The van der Waals surface area contributed by atoms with Gasteiger partial charge in [0.05, 0.1) is 12.3 Å². The molecule has 2 aromatic heterocycles. The van der Waals surface area contributed by atoms with E-state index in [0.717, 1.165) is 17.0 Å². The number of nitrogens with one attached hydrogen (secondary N) is 2. The van der Waals surface area contributed by atoms with E-state index in [9.17, 15) is 9.59 Å². The van der Waals surface area contributed by atoms with Crippen LogP contribution in [0, 0.1) is 13.8 Å². The van der Waals surface area contributed by atoms with Crippen LogP contribution in [0.2, 0.25) is 5.02 Å². The Kier molecular flexibility index (Phi) is 7.40. The van der Waals surface area contributed by atoms with Gasteiger partial charge in [-0.25, -0.2) is 4.98 Å². The van der Waals surface area contributed by atoms with Crippen molar-refractivity contribution in [1.82, 2.24) is 14.9 Å². The van der Waals surface area contributed by atoms with Crippen LogP contribution in [0.5, 0.6) is 0 Å². The van der Waals surface area contributed by atoms with Crippen LogP contribution >= 0.6 is 23.4 Å². The molecule has 34 heavy (non-hydrogen) atoms. The van der Waals surface area contributed by atoms with Gasteiger partial charge in [0.2, 0.25) is 5.91 Å². The summed E-state index contributed by atoms with van der Waals surface area (Å²) in [6.45, 7) is 4.08. The summed E-state index contributed by atoms with van der Waals surface area (Å²) in [6.07, 6.45) is 3.46. The quantitative estimate of drug-likeness (QED) is 0.320. The van der Waals surface area contributed by atoms with Crippen molar-refractivity contribution in [1.29, 1.82) is 0 Å². The van der Waals surface area contributed by atoms with E-state index >= 15 is 0 Å². The predicted molar refractivity (Wildman–Crippen MR) is 134 cm³/mol. The summed E-state index contributed by atoms with van der Waals surface area (Å²) in [5, 5.41) is 6.95. The molecule has 0 fully saturated rings. The molecule has 7 nitrogen and oxygen atoms in total. The van der Waals surface area contributed by atoms with Gasteiger partial charge in [-0.2, -0.15) is 0 Å². The first-order valence-electron chi connectivity index (χ1n) is 10.5. The molecular formula is C25H23ClN4O3S. The molecule has 0 spiro atoms. The molecule has 0 radical (unpaired) electrons. The van der Waals surface area contributed by atoms with Crippen LogP contribution in [0.25, 0.3) is 5.69 Å². The van der Waals surface area contributed by atoms with Crippen LogP contribution in [-0.2, 0) is 11.3 Å². The normalized spacial score (nSPS) is 10.8. The summed E-state index contributed by atoms with van der Waals surface area (Å²) in [6, 6.07) is 16.3. The highest BCUT2D eigenvalue weighted by Gasteiger charge is 2.13. The van der Waals surface area contributed by atoms with Crippen LogP contribution in [0.1, 0.15) is 27.4 Å². The number of hydrogen-bond acceptors (Lipinski definition) is 5. The number of carbonyl (C=O) groups is 2. The maximum Gasteiger partial charge on any atom is 0.251 e. The summed E-state index contributed by atoms with van der Waals surface area (Å²) in [5.41, 5.74) is 2.90. The highest BCUT2D eigenvalue weighted by atomic mass is 35.5. The highest BCUT2D eigenvalue weighted by molar-refractivity contribution is 7.99. The first-order valence-corrected chi connectivity index (χ1v) is 11.9. The van der Waals surface area contributed by atoms with Gasteiger partial charge >= 0.3 is 0 Å². The van der Waals surface area contributed by atoms with Gasteiger partial charge < -0.3 is 15.1 Å². The number of aromatic nitrogens is 2. The fourth-order valence-electron chi connectivity index (χ4n) is 3.28. The van der Waals surface area contributed by atoms with E-state index in [1.165, 1.54) is 11.8 Å². The minimum atomic E-state index is -0.207. The lowest BCUT2D eigenvalue weighted by atomic mass is 10.2. The molecule has 2 amide bonds. The van der Waals surface area contributed by atoms with Gasteiger partial charge in [0.1, 0.15) is 11.5 Å². The molecular weight excluding hydrogens is 472 g/mol. The monoisotopic (exact) mass is 494 g/mol. The smallest absolute Gasteiger partial charge is 0.251 e. The van der Waals surface area contributed by atoms with Gasteiger partial charge in [0.15, 0.2) is 5.16 Å². The lowest BCUT2D eigenvalue weighted by molar-refractivity contribution is -0.113. The Hall–Kier alpha value is -3.49. The first-order chi connectivity index (χ1) is 16.4. The molecule has 0 atom stereocenters. The van der Waals surface area contributed by atoms with Gasteiger partial charge in [-0.15, -0.1) is 0 Å². The maximum atomic E-state index is 12.6. The molecule has 0 aliphatic heterocycles. The summed E-state index contributed by atoms with van der Waals surface area (Å²) >= 11 is 7.34. The maximum absolute atomic E-state index is 12.6. The van der Waals surface area contributed by atoms with E-state index in [2.05, 4.69) is 15.6 Å². The van der Waals surface area contributed by atoms with Gasteiger partial charge in [0.25, 0.3) is 5.91 Å². The van der Waals surface area contributed by atoms with E-state index in [1.807, 2.05) is 48.7 Å². The van der Waals surface area contributed by atoms with Crippen molar-refractivity contribution in [2.75, 3.05) is 11.1 Å². The second-order valence-electron chi connectivity index (χ2n) is 7.62. The van der Waals surface area contributed by atoms with Crippen molar-refractivity contribution in [2.24, 2.45) is 0 Å². The zero-order valence-corrected chi connectivity index (χ0v) is 20.2. The zero-order valence-electron chi connectivity index (χ0n) is 18.7. The molecule has 4 aromatic rings. The third-order valence-corrected chi connectivity index (χ3v) is 6.22. The number of thioether (sulfide) groups is 1. The summed E-state index contributed by atoms with van der Waals surface area (Å²) < 4.78 is 7.34. The fourth-order valence-corrected chi connectivity index (χ4v) is 4.23. The fraction of sp³-hybridized carbons (Fsp3) is 0.160. The van der Waals surface area contributed by atoms with E-state index in [-0.39, 0.29) is 17.6 Å². The van der Waals surface area contributed by atoms with Crippen LogP contribution < -0.4 is 10.6 Å². The number of furan rings is 1. The number of benzene rings is 2. The Bertz CT molecular complexity index is 1330. The number of anilines is 1. The van der Waals surface area contributed by atoms with Crippen LogP contribution in [0.15, 0.2) is 76.6 Å². The predicted octanol–water partition coefficient (Wildman–Crippen LogP) is 5.40. The van der Waals surface area contributed by atoms with Crippen molar-refractivity contribution in [3.05, 3.63) is 94.7 Å². The molecule has 0 unspecified atom stereocenters. The van der Waals surface area contributed by atoms with Crippen molar-refractivity contribution in [3.8, 4) is 5.69 Å². The molecule has 0 aliphatic carbocycles.